The van der Waals surface area contributed by atoms with Gasteiger partial charge < -0.3 is 5.32 Å². The summed E-state index contributed by atoms with van der Waals surface area (Å²) in [5.41, 5.74) is 0.302. The fourth-order valence-corrected chi connectivity index (χ4v) is 3.32. The van der Waals surface area contributed by atoms with E-state index in [1.807, 2.05) is 6.92 Å². The van der Waals surface area contributed by atoms with Crippen LogP contribution in [0.1, 0.15) is 24.8 Å². The Morgan fingerprint density at radius 3 is 2.57 bits per heavy atom. The smallest absolute Gasteiger partial charge is 0.297 e. The number of rotatable bonds is 6. The lowest BCUT2D eigenvalue weighted by Crippen LogP contribution is -2.45. The molecule has 2 rings (SSSR count). The molecule has 0 saturated carbocycles. The van der Waals surface area contributed by atoms with Gasteiger partial charge in [-0.15, -0.1) is 6.58 Å². The normalized spacial score (nSPS) is 22.0. The Bertz CT molecular complexity index is 636. The standard InChI is InChI=1S/C15H19NO4S/c1-3-9-15(10-8-14(17)16-15)11-20-21(18,19)13-6-4-12(2)5-7-13/h3-7H,1,8-11H2,2H3,(H,16,17)/t15-/m1/s1. The van der Waals surface area contributed by atoms with E-state index in [1.54, 1.807) is 18.2 Å². The van der Waals surface area contributed by atoms with Gasteiger partial charge in [0.05, 0.1) is 17.0 Å². The summed E-state index contributed by atoms with van der Waals surface area (Å²) in [4.78, 5) is 11.5. The summed E-state index contributed by atoms with van der Waals surface area (Å²) in [6.07, 6.45) is 3.05. The third-order valence-electron chi connectivity index (χ3n) is 3.57. The number of benzene rings is 1. The van der Waals surface area contributed by atoms with E-state index in [0.29, 0.717) is 19.3 Å². The van der Waals surface area contributed by atoms with Crippen LogP contribution in [0.15, 0.2) is 41.8 Å². The minimum atomic E-state index is -3.82. The SMILES string of the molecule is C=CC[C@]1(COS(=O)(=O)c2ccc(C)cc2)CCC(=O)N1. The highest BCUT2D eigenvalue weighted by Crippen LogP contribution is 2.26. The lowest BCUT2D eigenvalue weighted by molar-refractivity contribution is -0.120. The van der Waals surface area contributed by atoms with Crippen LogP contribution in [0.5, 0.6) is 0 Å². The molecular weight excluding hydrogens is 290 g/mol. The molecule has 0 radical (unpaired) electrons. The molecular formula is C15H19NO4S. The Morgan fingerprint density at radius 2 is 2.05 bits per heavy atom. The number of amides is 1. The fraction of sp³-hybridized carbons (Fsp3) is 0.400. The van der Waals surface area contributed by atoms with E-state index < -0.39 is 15.7 Å². The maximum Gasteiger partial charge on any atom is 0.297 e. The molecule has 6 heteroatoms. The Balaban J connectivity index is 2.11. The third-order valence-corrected chi connectivity index (χ3v) is 4.85. The molecule has 0 unspecified atom stereocenters. The van der Waals surface area contributed by atoms with E-state index >= 15 is 0 Å². The lowest BCUT2D eigenvalue weighted by atomic mass is 9.95. The molecule has 1 heterocycles. The molecule has 5 nitrogen and oxygen atoms in total. The van der Waals surface area contributed by atoms with E-state index in [2.05, 4.69) is 11.9 Å². The largest absolute Gasteiger partial charge is 0.348 e. The molecule has 1 aliphatic heterocycles. The molecule has 1 aliphatic rings. The zero-order valence-corrected chi connectivity index (χ0v) is 12.8. The van der Waals surface area contributed by atoms with Crippen LogP contribution in [0.2, 0.25) is 0 Å². The topological polar surface area (TPSA) is 72.5 Å². The highest BCUT2D eigenvalue weighted by atomic mass is 32.2. The van der Waals surface area contributed by atoms with Gasteiger partial charge in [0.15, 0.2) is 0 Å². The van der Waals surface area contributed by atoms with Crippen LogP contribution in [0.4, 0.5) is 0 Å². The molecule has 21 heavy (non-hydrogen) atoms. The van der Waals surface area contributed by atoms with E-state index in [4.69, 9.17) is 4.18 Å². The first-order valence-corrected chi connectivity index (χ1v) is 8.16. The molecule has 0 aromatic heterocycles. The van der Waals surface area contributed by atoms with Crippen molar-refractivity contribution in [2.45, 2.75) is 36.6 Å². The number of carbonyl (C=O) groups excluding carboxylic acids is 1. The average molecular weight is 309 g/mol. The molecule has 1 fully saturated rings. The molecule has 0 bridgehead atoms. The van der Waals surface area contributed by atoms with E-state index in [0.717, 1.165) is 5.56 Å². The van der Waals surface area contributed by atoms with Gasteiger partial charge in [0.2, 0.25) is 5.91 Å². The van der Waals surface area contributed by atoms with Gasteiger partial charge in [-0.05, 0) is 31.9 Å². The van der Waals surface area contributed by atoms with Gasteiger partial charge in [0.25, 0.3) is 10.1 Å². The summed E-state index contributed by atoms with van der Waals surface area (Å²) in [7, 11) is -3.82. The number of hydrogen-bond acceptors (Lipinski definition) is 4. The van der Waals surface area contributed by atoms with Crippen molar-refractivity contribution < 1.29 is 17.4 Å². The molecule has 1 saturated heterocycles. The van der Waals surface area contributed by atoms with Crippen molar-refractivity contribution in [3.8, 4) is 0 Å². The molecule has 0 spiro atoms. The minimum absolute atomic E-state index is 0.0824. The monoisotopic (exact) mass is 309 g/mol. The Hall–Kier alpha value is -1.66. The van der Waals surface area contributed by atoms with Gasteiger partial charge in [0.1, 0.15) is 0 Å². The second-order valence-electron chi connectivity index (χ2n) is 5.35. The van der Waals surface area contributed by atoms with Crippen LogP contribution in [0, 0.1) is 6.92 Å². The van der Waals surface area contributed by atoms with Crippen molar-refractivity contribution in [2.24, 2.45) is 0 Å². The van der Waals surface area contributed by atoms with Crippen LogP contribution >= 0.6 is 0 Å². The van der Waals surface area contributed by atoms with Gasteiger partial charge >= 0.3 is 0 Å². The number of carbonyl (C=O) groups is 1. The molecule has 1 atom stereocenters. The van der Waals surface area contributed by atoms with Crippen LogP contribution < -0.4 is 5.32 Å². The summed E-state index contributed by atoms with van der Waals surface area (Å²) < 4.78 is 29.5. The second kappa shape index (κ2) is 5.99. The highest BCUT2D eigenvalue weighted by Gasteiger charge is 2.38. The zero-order valence-electron chi connectivity index (χ0n) is 12.0. The van der Waals surface area contributed by atoms with Crippen molar-refractivity contribution in [2.75, 3.05) is 6.61 Å². The first-order chi connectivity index (χ1) is 9.87. The zero-order chi connectivity index (χ0) is 15.5. The van der Waals surface area contributed by atoms with E-state index in [-0.39, 0.29) is 17.4 Å². The molecule has 0 aliphatic carbocycles. The summed E-state index contributed by atoms with van der Waals surface area (Å²) in [5.74, 6) is -0.0896. The van der Waals surface area contributed by atoms with Crippen LogP contribution in [-0.4, -0.2) is 26.5 Å². The molecule has 1 N–H and O–H groups in total. The fourth-order valence-electron chi connectivity index (χ4n) is 2.33. The Kier molecular flexibility index (Phi) is 4.49. The Labute approximate surface area is 125 Å². The Morgan fingerprint density at radius 1 is 1.38 bits per heavy atom. The van der Waals surface area contributed by atoms with Crippen molar-refractivity contribution in [1.29, 1.82) is 0 Å². The average Bonchev–Trinajstić information content (AvgIpc) is 2.80. The van der Waals surface area contributed by atoms with E-state index in [1.165, 1.54) is 12.1 Å². The predicted molar refractivity (Wildman–Crippen MR) is 79.2 cm³/mol. The van der Waals surface area contributed by atoms with E-state index in [9.17, 15) is 13.2 Å². The van der Waals surface area contributed by atoms with Crippen molar-refractivity contribution in [3.63, 3.8) is 0 Å². The molecule has 114 valence electrons. The number of aryl methyl sites for hydroxylation is 1. The molecule has 1 aromatic rings. The van der Waals surface area contributed by atoms with Gasteiger partial charge in [-0.1, -0.05) is 23.8 Å². The molecule has 1 amide bonds. The predicted octanol–water partition coefficient (Wildman–Crippen LogP) is 1.93. The van der Waals surface area contributed by atoms with Crippen LogP contribution in [-0.2, 0) is 19.1 Å². The summed E-state index contributed by atoms with van der Waals surface area (Å²) in [6.45, 7) is 5.45. The van der Waals surface area contributed by atoms with Crippen molar-refractivity contribution in [1.82, 2.24) is 5.32 Å². The van der Waals surface area contributed by atoms with Gasteiger partial charge in [0, 0.05) is 6.42 Å². The van der Waals surface area contributed by atoms with Gasteiger partial charge in [-0.3, -0.25) is 8.98 Å². The summed E-state index contributed by atoms with van der Waals surface area (Å²) in [6, 6.07) is 6.45. The lowest BCUT2D eigenvalue weighted by Gasteiger charge is -2.27. The van der Waals surface area contributed by atoms with Crippen LogP contribution in [0.25, 0.3) is 0 Å². The first kappa shape index (κ1) is 15.7. The third kappa shape index (κ3) is 3.71. The van der Waals surface area contributed by atoms with Crippen LogP contribution in [0.3, 0.4) is 0 Å². The maximum absolute atomic E-state index is 12.2. The summed E-state index contributed by atoms with van der Waals surface area (Å²) >= 11 is 0. The second-order valence-corrected chi connectivity index (χ2v) is 6.97. The minimum Gasteiger partial charge on any atom is -0.348 e. The summed E-state index contributed by atoms with van der Waals surface area (Å²) in [5, 5.41) is 2.80. The number of hydrogen-bond donors (Lipinski definition) is 1. The number of nitrogens with one attached hydrogen (secondary N) is 1. The first-order valence-electron chi connectivity index (χ1n) is 6.75. The van der Waals surface area contributed by atoms with Gasteiger partial charge in [-0.25, -0.2) is 0 Å². The quantitative estimate of drug-likeness (QED) is 0.644. The van der Waals surface area contributed by atoms with Gasteiger partial charge in [-0.2, -0.15) is 8.42 Å². The van der Waals surface area contributed by atoms with Crippen molar-refractivity contribution >= 4 is 16.0 Å². The highest BCUT2D eigenvalue weighted by molar-refractivity contribution is 7.86. The molecule has 1 aromatic carbocycles. The van der Waals surface area contributed by atoms with Crippen molar-refractivity contribution in [3.05, 3.63) is 42.5 Å². The maximum atomic E-state index is 12.2.